The van der Waals surface area contributed by atoms with Crippen molar-refractivity contribution in [3.8, 4) is 0 Å². The molecule has 0 spiro atoms. The molecule has 0 radical (unpaired) electrons. The first kappa shape index (κ1) is 8.73. The fourth-order valence-electron chi connectivity index (χ4n) is 0.955. The van der Waals surface area contributed by atoms with E-state index in [9.17, 15) is 4.79 Å². The molecule has 0 saturated heterocycles. The van der Waals surface area contributed by atoms with Crippen LogP contribution < -0.4 is 5.73 Å². The Balaban J connectivity index is 3.04. The van der Waals surface area contributed by atoms with Crippen molar-refractivity contribution in [2.45, 2.75) is 6.54 Å². The molecule has 0 aliphatic heterocycles. The zero-order chi connectivity index (χ0) is 9.14. The lowest BCUT2D eigenvalue weighted by atomic mass is 10.2. The Kier molecular flexibility index (Phi) is 2.44. The minimum Gasteiger partial charge on any atom is -0.464 e. The van der Waals surface area contributed by atoms with Gasteiger partial charge in [-0.2, -0.15) is 5.10 Å². The first-order valence-electron chi connectivity index (χ1n) is 3.50. The minimum atomic E-state index is -0.448. The van der Waals surface area contributed by atoms with Crippen molar-refractivity contribution >= 4 is 5.97 Å². The molecule has 0 atom stereocenters. The van der Waals surface area contributed by atoms with Gasteiger partial charge in [0.25, 0.3) is 0 Å². The van der Waals surface area contributed by atoms with Crippen LogP contribution in [0.25, 0.3) is 0 Å². The number of hydrogen-bond acceptors (Lipinski definition) is 4. The lowest BCUT2D eigenvalue weighted by molar-refractivity contribution is 0.0592. The summed E-state index contributed by atoms with van der Waals surface area (Å²) in [4.78, 5) is 11.1. The topological polar surface area (TPSA) is 70.1 Å². The number of aromatic nitrogens is 2. The van der Waals surface area contributed by atoms with Gasteiger partial charge in [-0.05, 0) is 0 Å². The molecule has 2 N–H and O–H groups in total. The minimum absolute atomic E-state index is 0.290. The number of hydrogen-bond donors (Lipinski definition) is 1. The molecule has 0 unspecified atom stereocenters. The maximum atomic E-state index is 11.1. The highest BCUT2D eigenvalue weighted by Crippen LogP contribution is 2.05. The van der Waals surface area contributed by atoms with Gasteiger partial charge < -0.3 is 10.5 Å². The van der Waals surface area contributed by atoms with E-state index < -0.39 is 5.97 Å². The Morgan fingerprint density at radius 1 is 1.83 bits per heavy atom. The molecule has 12 heavy (non-hydrogen) atoms. The van der Waals surface area contributed by atoms with Crippen LogP contribution in [-0.2, 0) is 18.3 Å². The zero-order valence-corrected chi connectivity index (χ0v) is 7.07. The van der Waals surface area contributed by atoms with E-state index in [4.69, 9.17) is 5.73 Å². The number of nitrogens with zero attached hydrogens (tertiary/aromatic N) is 2. The average molecular weight is 169 g/mol. The summed E-state index contributed by atoms with van der Waals surface area (Å²) in [5, 5.41) is 3.91. The molecular formula is C7H11N3O2. The van der Waals surface area contributed by atoms with E-state index in [1.54, 1.807) is 13.2 Å². The maximum absolute atomic E-state index is 11.1. The van der Waals surface area contributed by atoms with E-state index >= 15 is 0 Å². The lowest BCUT2D eigenvalue weighted by Crippen LogP contribution is -2.08. The Hall–Kier alpha value is -1.36. The van der Waals surface area contributed by atoms with E-state index in [1.165, 1.54) is 11.8 Å². The summed E-state index contributed by atoms with van der Waals surface area (Å²) in [6, 6.07) is 0. The van der Waals surface area contributed by atoms with E-state index in [0.717, 1.165) is 0 Å². The van der Waals surface area contributed by atoms with Crippen LogP contribution >= 0.6 is 0 Å². The second-order valence-corrected chi connectivity index (χ2v) is 2.37. The van der Waals surface area contributed by atoms with E-state index in [0.29, 0.717) is 11.3 Å². The number of ether oxygens (including phenoxy) is 1. The maximum Gasteiger partial charge on any atom is 0.358 e. The monoisotopic (exact) mass is 169 g/mol. The molecule has 0 aliphatic rings. The summed E-state index contributed by atoms with van der Waals surface area (Å²) < 4.78 is 6.06. The van der Waals surface area contributed by atoms with Crippen molar-refractivity contribution in [3.63, 3.8) is 0 Å². The molecule has 0 aromatic carbocycles. The highest BCUT2D eigenvalue weighted by Gasteiger charge is 2.14. The summed E-state index contributed by atoms with van der Waals surface area (Å²) in [6.07, 6.45) is 1.70. The molecule has 0 bridgehead atoms. The summed E-state index contributed by atoms with van der Waals surface area (Å²) in [6.45, 7) is 0.290. The third-order valence-electron chi connectivity index (χ3n) is 1.50. The average Bonchev–Trinajstić information content (AvgIpc) is 2.45. The molecule has 66 valence electrons. The highest BCUT2D eigenvalue weighted by atomic mass is 16.5. The van der Waals surface area contributed by atoms with Crippen LogP contribution in [0.1, 0.15) is 16.1 Å². The fraction of sp³-hybridized carbons (Fsp3) is 0.429. The Bertz CT molecular complexity index is 293. The molecule has 1 rings (SSSR count). The molecule has 0 saturated carbocycles. The normalized spacial score (nSPS) is 9.92. The third-order valence-corrected chi connectivity index (χ3v) is 1.50. The van der Waals surface area contributed by atoms with Crippen molar-refractivity contribution in [3.05, 3.63) is 17.5 Å². The molecule has 1 heterocycles. The van der Waals surface area contributed by atoms with E-state index in [2.05, 4.69) is 9.84 Å². The van der Waals surface area contributed by atoms with Gasteiger partial charge in [-0.3, -0.25) is 4.68 Å². The molecule has 5 heteroatoms. The number of nitrogens with two attached hydrogens (primary N) is 1. The summed E-state index contributed by atoms with van der Waals surface area (Å²) in [5.41, 5.74) is 6.39. The summed E-state index contributed by atoms with van der Waals surface area (Å²) in [5.74, 6) is -0.448. The van der Waals surface area contributed by atoms with Crippen LogP contribution in [0.5, 0.6) is 0 Å². The number of rotatable bonds is 2. The van der Waals surface area contributed by atoms with Crippen LogP contribution in [0.4, 0.5) is 0 Å². The van der Waals surface area contributed by atoms with Gasteiger partial charge in [-0.15, -0.1) is 0 Å². The van der Waals surface area contributed by atoms with Gasteiger partial charge in [0.2, 0.25) is 0 Å². The third kappa shape index (κ3) is 1.45. The second kappa shape index (κ2) is 3.36. The van der Waals surface area contributed by atoms with E-state index in [-0.39, 0.29) is 6.54 Å². The molecule has 0 amide bonds. The van der Waals surface area contributed by atoms with Crippen molar-refractivity contribution in [2.24, 2.45) is 12.8 Å². The predicted octanol–water partition coefficient (Wildman–Crippen LogP) is -0.335. The standard InChI is InChI=1S/C7H11N3O2/c1-10-4-5(3-8)6(9-10)7(11)12-2/h4H,3,8H2,1-2H3. The van der Waals surface area contributed by atoms with Crippen molar-refractivity contribution in [1.29, 1.82) is 0 Å². The van der Waals surface area contributed by atoms with Gasteiger partial charge in [0, 0.05) is 25.4 Å². The number of esters is 1. The van der Waals surface area contributed by atoms with Crippen LogP contribution in [-0.4, -0.2) is 22.9 Å². The number of methoxy groups -OCH3 is 1. The van der Waals surface area contributed by atoms with Crippen LogP contribution in [0.2, 0.25) is 0 Å². The lowest BCUT2D eigenvalue weighted by Gasteiger charge is -1.95. The largest absolute Gasteiger partial charge is 0.464 e. The van der Waals surface area contributed by atoms with Crippen molar-refractivity contribution in [1.82, 2.24) is 9.78 Å². The molecule has 0 fully saturated rings. The molecule has 0 aliphatic carbocycles. The van der Waals surface area contributed by atoms with Gasteiger partial charge in [-0.25, -0.2) is 4.79 Å². The van der Waals surface area contributed by atoms with Crippen LogP contribution in [0.15, 0.2) is 6.20 Å². The fourth-order valence-corrected chi connectivity index (χ4v) is 0.955. The SMILES string of the molecule is COC(=O)c1nn(C)cc1CN. The molecule has 5 nitrogen and oxygen atoms in total. The number of aryl methyl sites for hydroxylation is 1. The summed E-state index contributed by atoms with van der Waals surface area (Å²) >= 11 is 0. The Labute approximate surface area is 70.1 Å². The van der Waals surface area contributed by atoms with Crippen LogP contribution in [0.3, 0.4) is 0 Å². The van der Waals surface area contributed by atoms with Crippen molar-refractivity contribution < 1.29 is 9.53 Å². The van der Waals surface area contributed by atoms with Gasteiger partial charge in [-0.1, -0.05) is 0 Å². The predicted molar refractivity (Wildman–Crippen MR) is 42.4 cm³/mol. The molecule has 1 aromatic rings. The summed E-state index contributed by atoms with van der Waals surface area (Å²) in [7, 11) is 3.04. The van der Waals surface area contributed by atoms with Gasteiger partial charge in [0.15, 0.2) is 5.69 Å². The quantitative estimate of drug-likeness (QED) is 0.615. The van der Waals surface area contributed by atoms with Crippen LogP contribution in [0, 0.1) is 0 Å². The Morgan fingerprint density at radius 3 is 3.00 bits per heavy atom. The smallest absolute Gasteiger partial charge is 0.358 e. The van der Waals surface area contributed by atoms with Crippen molar-refractivity contribution in [2.75, 3.05) is 7.11 Å². The van der Waals surface area contributed by atoms with Gasteiger partial charge in [0.05, 0.1) is 7.11 Å². The number of carbonyl (C=O) groups excluding carboxylic acids is 1. The molecular weight excluding hydrogens is 158 g/mol. The number of carbonyl (C=O) groups is 1. The van der Waals surface area contributed by atoms with E-state index in [1.807, 2.05) is 0 Å². The van der Waals surface area contributed by atoms with Gasteiger partial charge in [0.1, 0.15) is 0 Å². The zero-order valence-electron chi connectivity index (χ0n) is 7.07. The molecule has 1 aromatic heterocycles. The first-order valence-corrected chi connectivity index (χ1v) is 3.50. The Morgan fingerprint density at radius 2 is 2.50 bits per heavy atom. The first-order chi connectivity index (χ1) is 5.69. The highest BCUT2D eigenvalue weighted by molar-refractivity contribution is 5.88. The van der Waals surface area contributed by atoms with Gasteiger partial charge >= 0.3 is 5.97 Å². The second-order valence-electron chi connectivity index (χ2n) is 2.37.